The lowest BCUT2D eigenvalue weighted by atomic mass is 9.87. The highest BCUT2D eigenvalue weighted by Gasteiger charge is 2.48. The molecule has 1 saturated carbocycles. The Morgan fingerprint density at radius 3 is 2.35 bits per heavy atom. The van der Waals surface area contributed by atoms with Crippen LogP contribution in [0, 0.1) is 27.2 Å². The molecule has 1 aliphatic heterocycles. The predicted octanol–water partition coefficient (Wildman–Crippen LogP) is 1.92. The molecule has 1 heterocycles. The molecule has 1 aromatic carbocycles. The van der Waals surface area contributed by atoms with Crippen LogP contribution in [0.1, 0.15) is 37.7 Å². The van der Waals surface area contributed by atoms with Crippen molar-refractivity contribution < 1.29 is 9.85 Å². The average Bonchev–Trinajstić information content (AvgIpc) is 2.54. The maximum Gasteiger partial charge on any atom is 0.303 e. The second kappa shape index (κ2) is 6.24. The highest BCUT2D eigenvalue weighted by Crippen LogP contribution is 2.47. The van der Waals surface area contributed by atoms with Crippen molar-refractivity contribution in [1.29, 1.82) is 0 Å². The Balaban J connectivity index is 2.33. The van der Waals surface area contributed by atoms with E-state index in [9.17, 15) is 20.2 Å². The molecule has 1 aromatic rings. The van der Waals surface area contributed by atoms with Gasteiger partial charge in [-0.05, 0) is 38.7 Å². The van der Waals surface area contributed by atoms with Crippen molar-refractivity contribution in [1.82, 2.24) is 0 Å². The summed E-state index contributed by atoms with van der Waals surface area (Å²) in [6, 6.07) is 2.59. The zero-order valence-corrected chi connectivity index (χ0v) is 14.2. The van der Waals surface area contributed by atoms with Crippen LogP contribution < -0.4 is 16.4 Å². The minimum absolute atomic E-state index is 0.0291. The molecular weight excluding hydrogens is 342 g/mol. The van der Waals surface area contributed by atoms with Crippen LogP contribution in [0.25, 0.3) is 0 Å². The fraction of sp³-hybridized carbons (Fsp3) is 0.467. The third kappa shape index (κ3) is 2.70. The summed E-state index contributed by atoms with van der Waals surface area (Å²) in [5.74, 6) is -0.158. The van der Waals surface area contributed by atoms with E-state index in [1.807, 2.05) is 0 Å². The first-order valence-electron chi connectivity index (χ1n) is 8.19. The predicted molar refractivity (Wildman–Crippen MR) is 96.0 cm³/mol. The lowest BCUT2D eigenvalue weighted by molar-refractivity contribution is -0.393. The molecule has 0 unspecified atom stereocenters. The minimum atomic E-state index is -1.00. The number of hydrogen-bond donors (Lipinski definition) is 2. The van der Waals surface area contributed by atoms with Gasteiger partial charge in [-0.1, -0.05) is 6.42 Å². The van der Waals surface area contributed by atoms with Gasteiger partial charge in [0, 0.05) is 11.6 Å². The van der Waals surface area contributed by atoms with E-state index in [2.05, 4.69) is 9.98 Å². The number of hydrogen-bond acceptors (Lipinski definition) is 9. The van der Waals surface area contributed by atoms with E-state index in [4.69, 9.17) is 11.5 Å². The van der Waals surface area contributed by atoms with Gasteiger partial charge in [0.15, 0.2) is 0 Å². The van der Waals surface area contributed by atoms with Crippen LogP contribution in [0.2, 0.25) is 0 Å². The Kier molecular flexibility index (Phi) is 4.22. The number of guanidine groups is 2. The normalized spacial score (nSPS) is 19.0. The molecule has 1 fully saturated rings. The van der Waals surface area contributed by atoms with Crippen molar-refractivity contribution >= 4 is 29.0 Å². The van der Waals surface area contributed by atoms with E-state index in [1.54, 1.807) is 0 Å². The van der Waals surface area contributed by atoms with Gasteiger partial charge in [0.05, 0.1) is 9.85 Å². The zero-order chi connectivity index (χ0) is 19.1. The van der Waals surface area contributed by atoms with Crippen LogP contribution >= 0.6 is 0 Å². The molecule has 0 radical (unpaired) electrons. The molecule has 3 rings (SSSR count). The smallest absolute Gasteiger partial charge is 0.303 e. The molecule has 11 nitrogen and oxygen atoms in total. The van der Waals surface area contributed by atoms with Crippen molar-refractivity contribution in [2.24, 2.45) is 21.5 Å². The summed E-state index contributed by atoms with van der Waals surface area (Å²) < 4.78 is 0. The Morgan fingerprint density at radius 1 is 1.12 bits per heavy atom. The number of nitro benzene ring substituents is 2. The van der Waals surface area contributed by atoms with Gasteiger partial charge in [0.25, 0.3) is 5.69 Å². The Bertz CT molecular complexity index is 843. The van der Waals surface area contributed by atoms with Crippen LogP contribution in [-0.4, -0.2) is 27.4 Å². The molecule has 0 atom stereocenters. The maximum absolute atomic E-state index is 11.7. The first-order valence-corrected chi connectivity index (χ1v) is 8.19. The van der Waals surface area contributed by atoms with E-state index < -0.39 is 21.2 Å². The van der Waals surface area contributed by atoms with Gasteiger partial charge in [-0.25, -0.2) is 4.99 Å². The third-order valence-corrected chi connectivity index (χ3v) is 4.79. The Hall–Kier alpha value is -3.24. The molecule has 0 bridgehead atoms. The van der Waals surface area contributed by atoms with Crippen LogP contribution in [-0.2, 0) is 0 Å². The minimum Gasteiger partial charge on any atom is -0.369 e. The second-order valence-corrected chi connectivity index (χ2v) is 6.43. The summed E-state index contributed by atoms with van der Waals surface area (Å²) in [5, 5.41) is 23.3. The zero-order valence-electron chi connectivity index (χ0n) is 14.2. The molecule has 0 saturated heterocycles. The number of rotatable bonds is 3. The summed E-state index contributed by atoms with van der Waals surface area (Å²) in [4.78, 5) is 31.7. The summed E-state index contributed by atoms with van der Waals surface area (Å²) in [6.07, 6.45) is 3.61. The summed E-state index contributed by atoms with van der Waals surface area (Å²) in [6.45, 7) is 1.52. The Labute approximate surface area is 148 Å². The van der Waals surface area contributed by atoms with E-state index in [0.29, 0.717) is 12.8 Å². The SMILES string of the molecule is Cc1ccc([N+](=O)[O-])c(N2C(N)=NC(N)=NC23CCCCC3)c1[N+](=O)[O-]. The number of nitrogens with zero attached hydrogens (tertiary/aromatic N) is 5. The van der Waals surface area contributed by atoms with Gasteiger partial charge in [0.1, 0.15) is 5.66 Å². The van der Waals surface area contributed by atoms with Gasteiger partial charge >= 0.3 is 5.69 Å². The van der Waals surface area contributed by atoms with E-state index in [0.717, 1.165) is 19.3 Å². The first-order chi connectivity index (χ1) is 12.3. The number of anilines is 1. The van der Waals surface area contributed by atoms with Crippen LogP contribution in [0.3, 0.4) is 0 Å². The van der Waals surface area contributed by atoms with E-state index in [1.165, 1.54) is 24.0 Å². The van der Waals surface area contributed by atoms with Crippen molar-refractivity contribution in [2.45, 2.75) is 44.7 Å². The first kappa shape index (κ1) is 17.6. The maximum atomic E-state index is 11.7. The van der Waals surface area contributed by atoms with Crippen molar-refractivity contribution in [3.63, 3.8) is 0 Å². The molecule has 0 aromatic heterocycles. The highest BCUT2D eigenvalue weighted by molar-refractivity contribution is 6.08. The van der Waals surface area contributed by atoms with Gasteiger partial charge in [0.2, 0.25) is 17.6 Å². The van der Waals surface area contributed by atoms with Crippen LogP contribution in [0.15, 0.2) is 22.1 Å². The quantitative estimate of drug-likeness (QED) is 0.612. The average molecular weight is 361 g/mol. The van der Waals surface area contributed by atoms with Gasteiger partial charge in [-0.2, -0.15) is 4.99 Å². The molecule has 1 spiro atoms. The molecule has 138 valence electrons. The fourth-order valence-electron chi connectivity index (χ4n) is 3.71. The van der Waals surface area contributed by atoms with Gasteiger partial charge < -0.3 is 11.5 Å². The molecule has 26 heavy (non-hydrogen) atoms. The second-order valence-electron chi connectivity index (χ2n) is 6.43. The summed E-state index contributed by atoms with van der Waals surface area (Å²) in [7, 11) is 0. The lowest BCUT2D eigenvalue weighted by Crippen LogP contribution is -2.58. The van der Waals surface area contributed by atoms with E-state index >= 15 is 0 Å². The summed E-state index contributed by atoms with van der Waals surface area (Å²) >= 11 is 0. The number of aryl methyl sites for hydroxylation is 1. The van der Waals surface area contributed by atoms with Gasteiger partial charge in [-0.3, -0.25) is 25.1 Å². The van der Waals surface area contributed by atoms with Crippen LogP contribution in [0.4, 0.5) is 17.1 Å². The fourth-order valence-corrected chi connectivity index (χ4v) is 3.71. The lowest BCUT2D eigenvalue weighted by Gasteiger charge is -2.44. The topological polar surface area (TPSA) is 166 Å². The summed E-state index contributed by atoms with van der Waals surface area (Å²) in [5.41, 5.74) is 10.1. The molecule has 2 aliphatic rings. The largest absolute Gasteiger partial charge is 0.369 e. The molecule has 1 aliphatic carbocycles. The van der Waals surface area contributed by atoms with Crippen molar-refractivity contribution in [2.75, 3.05) is 4.90 Å². The standard InChI is InChI=1S/C15H19N7O4/c1-9-5-6-10(21(23)24)12(11(9)22(25)26)20-14(17)18-13(16)19-15(20)7-3-2-4-8-15/h5-6H,2-4,7-8H2,1H3,(H4,16,17,18,19). The Morgan fingerprint density at radius 2 is 1.77 bits per heavy atom. The number of benzene rings is 1. The van der Waals surface area contributed by atoms with Crippen molar-refractivity contribution in [3.05, 3.63) is 37.9 Å². The number of nitrogens with two attached hydrogens (primary N) is 2. The molecular formula is C15H19N7O4. The van der Waals surface area contributed by atoms with E-state index in [-0.39, 0.29) is 28.9 Å². The highest BCUT2D eigenvalue weighted by atomic mass is 16.6. The molecule has 11 heteroatoms. The molecule has 4 N–H and O–H groups in total. The number of aliphatic imine (C=N–C) groups is 2. The van der Waals surface area contributed by atoms with Crippen LogP contribution in [0.5, 0.6) is 0 Å². The third-order valence-electron chi connectivity index (χ3n) is 4.79. The monoisotopic (exact) mass is 361 g/mol. The van der Waals surface area contributed by atoms with Gasteiger partial charge in [-0.15, -0.1) is 0 Å². The van der Waals surface area contributed by atoms with Crippen molar-refractivity contribution in [3.8, 4) is 0 Å². The number of nitro groups is 2. The molecule has 0 amide bonds.